The van der Waals surface area contributed by atoms with Crippen molar-refractivity contribution in [1.82, 2.24) is 0 Å². The van der Waals surface area contributed by atoms with Gasteiger partial charge < -0.3 is 14.2 Å². The van der Waals surface area contributed by atoms with Gasteiger partial charge in [0, 0.05) is 7.11 Å². The quantitative estimate of drug-likeness (QED) is 0.747. The molecule has 15 heavy (non-hydrogen) atoms. The lowest BCUT2D eigenvalue weighted by molar-refractivity contribution is 0.0616. The van der Waals surface area contributed by atoms with Crippen molar-refractivity contribution in [3.8, 4) is 5.75 Å². The molecule has 1 rings (SSSR count). The molecule has 0 N–H and O–H groups in total. The third kappa shape index (κ3) is 4.20. The average molecular weight is 275 g/mol. The largest absolute Gasteiger partial charge is 0.496 e. The molecule has 1 aromatic carbocycles. The lowest BCUT2D eigenvalue weighted by Crippen LogP contribution is -2.01. The summed E-state index contributed by atoms with van der Waals surface area (Å²) in [5, 5.41) is 0. The number of halogens is 1. The number of ether oxygens (including phenoxy) is 3. The van der Waals surface area contributed by atoms with Gasteiger partial charge in [-0.05, 0) is 33.6 Å². The van der Waals surface area contributed by atoms with E-state index in [-0.39, 0.29) is 0 Å². The van der Waals surface area contributed by atoms with Gasteiger partial charge in [-0.25, -0.2) is 0 Å². The Hall–Kier alpha value is -0.580. The fourth-order valence-corrected chi connectivity index (χ4v) is 1.72. The zero-order valence-electron chi connectivity index (χ0n) is 8.96. The minimum Gasteiger partial charge on any atom is -0.496 e. The van der Waals surface area contributed by atoms with E-state index in [0.29, 0.717) is 19.8 Å². The first-order valence-electron chi connectivity index (χ1n) is 4.67. The molecule has 0 heterocycles. The van der Waals surface area contributed by atoms with Crippen LogP contribution in [0.2, 0.25) is 0 Å². The molecule has 0 saturated carbocycles. The molecule has 1 aromatic rings. The fraction of sp³-hybridized carbons (Fsp3) is 0.455. The van der Waals surface area contributed by atoms with Crippen molar-refractivity contribution >= 4 is 15.9 Å². The summed E-state index contributed by atoms with van der Waals surface area (Å²) in [6.45, 7) is 1.82. The maximum Gasteiger partial charge on any atom is 0.133 e. The van der Waals surface area contributed by atoms with Crippen molar-refractivity contribution in [2.45, 2.75) is 6.61 Å². The van der Waals surface area contributed by atoms with Crippen molar-refractivity contribution < 1.29 is 14.2 Å². The molecule has 0 aromatic heterocycles. The SMILES string of the molecule is COCCOCc1ccc(OC)c(Br)c1. The summed E-state index contributed by atoms with van der Waals surface area (Å²) in [6.07, 6.45) is 0. The van der Waals surface area contributed by atoms with Crippen LogP contribution in [0.5, 0.6) is 5.75 Å². The fourth-order valence-electron chi connectivity index (χ4n) is 1.13. The van der Waals surface area contributed by atoms with Crippen LogP contribution in [0.15, 0.2) is 22.7 Å². The van der Waals surface area contributed by atoms with Crippen molar-refractivity contribution in [3.63, 3.8) is 0 Å². The Morgan fingerprint density at radius 3 is 2.60 bits per heavy atom. The van der Waals surface area contributed by atoms with E-state index >= 15 is 0 Å². The molecule has 4 heteroatoms. The van der Waals surface area contributed by atoms with Crippen LogP contribution < -0.4 is 4.74 Å². The molecule has 0 atom stereocenters. The van der Waals surface area contributed by atoms with Gasteiger partial charge >= 0.3 is 0 Å². The summed E-state index contributed by atoms with van der Waals surface area (Å²) >= 11 is 3.42. The summed E-state index contributed by atoms with van der Waals surface area (Å²) in [5.74, 6) is 0.829. The molecular formula is C11H15BrO3. The lowest BCUT2D eigenvalue weighted by Gasteiger charge is -2.07. The summed E-state index contributed by atoms with van der Waals surface area (Å²) in [4.78, 5) is 0. The van der Waals surface area contributed by atoms with Crippen LogP contribution >= 0.6 is 15.9 Å². The minimum atomic E-state index is 0.589. The van der Waals surface area contributed by atoms with E-state index in [1.165, 1.54) is 0 Å². The highest BCUT2D eigenvalue weighted by atomic mass is 79.9. The molecule has 84 valence electrons. The van der Waals surface area contributed by atoms with Gasteiger partial charge in [-0.1, -0.05) is 6.07 Å². The van der Waals surface area contributed by atoms with Crippen LogP contribution in [-0.2, 0) is 16.1 Å². The summed E-state index contributed by atoms with van der Waals surface area (Å²) < 4.78 is 16.4. The standard InChI is InChI=1S/C11H15BrO3/c1-13-5-6-15-8-9-3-4-11(14-2)10(12)7-9/h3-4,7H,5-6,8H2,1-2H3. The van der Waals surface area contributed by atoms with E-state index in [4.69, 9.17) is 14.2 Å². The maximum atomic E-state index is 5.40. The molecule has 0 spiro atoms. The van der Waals surface area contributed by atoms with E-state index in [2.05, 4.69) is 15.9 Å². The van der Waals surface area contributed by atoms with Gasteiger partial charge in [-0.3, -0.25) is 0 Å². The van der Waals surface area contributed by atoms with Crippen molar-refractivity contribution in [2.24, 2.45) is 0 Å². The van der Waals surface area contributed by atoms with Gasteiger partial charge in [0.15, 0.2) is 0 Å². The Labute approximate surface area is 98.5 Å². The Bertz CT molecular complexity index is 302. The van der Waals surface area contributed by atoms with Gasteiger partial charge in [0.25, 0.3) is 0 Å². The first-order chi connectivity index (χ1) is 7.27. The topological polar surface area (TPSA) is 27.7 Å². The molecule has 0 aliphatic rings. The molecule has 0 saturated heterocycles. The predicted molar refractivity (Wildman–Crippen MR) is 62.2 cm³/mol. The molecule has 0 unspecified atom stereocenters. The second-order valence-corrected chi connectivity index (χ2v) is 3.87. The Morgan fingerprint density at radius 2 is 2.00 bits per heavy atom. The first kappa shape index (κ1) is 12.5. The van der Waals surface area contributed by atoms with Crippen LogP contribution in [0.1, 0.15) is 5.56 Å². The van der Waals surface area contributed by atoms with E-state index in [0.717, 1.165) is 15.8 Å². The number of rotatable bonds is 6. The summed E-state index contributed by atoms with van der Waals surface area (Å²) in [5.41, 5.74) is 1.11. The van der Waals surface area contributed by atoms with E-state index in [1.54, 1.807) is 14.2 Å². The monoisotopic (exact) mass is 274 g/mol. The molecule has 3 nitrogen and oxygen atoms in total. The maximum absolute atomic E-state index is 5.40. The zero-order valence-corrected chi connectivity index (χ0v) is 10.5. The van der Waals surface area contributed by atoms with Gasteiger partial charge in [0.1, 0.15) is 5.75 Å². The molecule has 0 radical (unpaired) electrons. The molecular weight excluding hydrogens is 260 g/mol. The molecule has 0 amide bonds. The third-order valence-electron chi connectivity index (χ3n) is 1.92. The molecule has 0 aliphatic carbocycles. The van der Waals surface area contributed by atoms with Crippen LogP contribution in [-0.4, -0.2) is 27.4 Å². The Morgan fingerprint density at radius 1 is 1.20 bits per heavy atom. The number of hydrogen-bond acceptors (Lipinski definition) is 3. The van der Waals surface area contributed by atoms with E-state index < -0.39 is 0 Å². The summed E-state index contributed by atoms with van der Waals surface area (Å²) in [7, 11) is 3.31. The number of methoxy groups -OCH3 is 2. The smallest absolute Gasteiger partial charge is 0.133 e. The molecule has 0 fully saturated rings. The van der Waals surface area contributed by atoms with Gasteiger partial charge in [-0.15, -0.1) is 0 Å². The van der Waals surface area contributed by atoms with Crippen molar-refractivity contribution in [1.29, 1.82) is 0 Å². The predicted octanol–water partition coefficient (Wildman–Crippen LogP) is 2.62. The van der Waals surface area contributed by atoms with Crippen LogP contribution in [0.4, 0.5) is 0 Å². The Kier molecular flexibility index (Phi) is 5.68. The van der Waals surface area contributed by atoms with Crippen LogP contribution in [0.3, 0.4) is 0 Å². The summed E-state index contributed by atoms with van der Waals surface area (Å²) in [6, 6.07) is 5.89. The zero-order chi connectivity index (χ0) is 11.1. The molecule has 0 bridgehead atoms. The van der Waals surface area contributed by atoms with Gasteiger partial charge in [-0.2, -0.15) is 0 Å². The third-order valence-corrected chi connectivity index (χ3v) is 2.54. The average Bonchev–Trinajstić information content (AvgIpc) is 2.25. The Balaban J connectivity index is 2.45. The van der Waals surface area contributed by atoms with Gasteiger partial charge in [0.2, 0.25) is 0 Å². The first-order valence-corrected chi connectivity index (χ1v) is 5.46. The van der Waals surface area contributed by atoms with Crippen molar-refractivity contribution in [3.05, 3.63) is 28.2 Å². The number of hydrogen-bond donors (Lipinski definition) is 0. The second kappa shape index (κ2) is 6.82. The highest BCUT2D eigenvalue weighted by Crippen LogP contribution is 2.25. The second-order valence-electron chi connectivity index (χ2n) is 3.01. The lowest BCUT2D eigenvalue weighted by atomic mass is 10.2. The number of benzene rings is 1. The van der Waals surface area contributed by atoms with E-state index in [1.807, 2.05) is 18.2 Å². The minimum absolute atomic E-state index is 0.589. The molecule has 0 aliphatic heterocycles. The van der Waals surface area contributed by atoms with Crippen LogP contribution in [0, 0.1) is 0 Å². The van der Waals surface area contributed by atoms with E-state index in [9.17, 15) is 0 Å². The highest BCUT2D eigenvalue weighted by Gasteiger charge is 2.01. The highest BCUT2D eigenvalue weighted by molar-refractivity contribution is 9.10. The van der Waals surface area contributed by atoms with Crippen LogP contribution in [0.25, 0.3) is 0 Å². The van der Waals surface area contributed by atoms with Gasteiger partial charge in [0.05, 0.1) is 31.4 Å². The van der Waals surface area contributed by atoms with Crippen molar-refractivity contribution in [2.75, 3.05) is 27.4 Å². The normalized spacial score (nSPS) is 10.3.